The molecule has 0 aliphatic rings. The lowest BCUT2D eigenvalue weighted by Gasteiger charge is -2.21. The van der Waals surface area contributed by atoms with E-state index in [-0.39, 0.29) is 11.8 Å². The average molecular weight is 196 g/mol. The highest BCUT2D eigenvalue weighted by Crippen LogP contribution is 2.17. The minimum Gasteiger partial charge on any atom is -0.392 e. The van der Waals surface area contributed by atoms with E-state index >= 15 is 0 Å². The van der Waals surface area contributed by atoms with Gasteiger partial charge in [0.05, 0.1) is 6.10 Å². The first-order valence-corrected chi connectivity index (χ1v) is 5.08. The van der Waals surface area contributed by atoms with Gasteiger partial charge in [-0.1, -0.05) is 38.7 Å². The van der Waals surface area contributed by atoms with Crippen LogP contribution in [0.1, 0.15) is 26.7 Å². The standard InChI is InChI=1S/C12H20O2/c1-4-6-7-8-10(3)12(14)11(5-2)9-13/h4,6-7,9-12,14H,1,5,8H2,2-3H3/b7-6-. The predicted molar refractivity (Wildman–Crippen MR) is 59.0 cm³/mol. The monoisotopic (exact) mass is 196 g/mol. The van der Waals surface area contributed by atoms with Gasteiger partial charge in [-0.3, -0.25) is 0 Å². The van der Waals surface area contributed by atoms with Crippen molar-refractivity contribution in [2.24, 2.45) is 11.8 Å². The highest BCUT2D eigenvalue weighted by Gasteiger charge is 2.21. The van der Waals surface area contributed by atoms with Crippen molar-refractivity contribution >= 4 is 6.29 Å². The molecule has 0 heterocycles. The molecule has 0 rings (SSSR count). The van der Waals surface area contributed by atoms with Crippen LogP contribution < -0.4 is 0 Å². The fourth-order valence-corrected chi connectivity index (χ4v) is 1.37. The first kappa shape index (κ1) is 13.1. The molecule has 14 heavy (non-hydrogen) atoms. The number of aliphatic hydroxyl groups excluding tert-OH is 1. The lowest BCUT2D eigenvalue weighted by atomic mass is 9.89. The highest BCUT2D eigenvalue weighted by atomic mass is 16.3. The quantitative estimate of drug-likeness (QED) is 0.501. The van der Waals surface area contributed by atoms with Crippen LogP contribution in [0, 0.1) is 11.8 Å². The van der Waals surface area contributed by atoms with E-state index in [4.69, 9.17) is 0 Å². The van der Waals surface area contributed by atoms with Crippen molar-refractivity contribution in [1.82, 2.24) is 0 Å². The van der Waals surface area contributed by atoms with E-state index in [0.717, 1.165) is 12.7 Å². The molecule has 2 heteroatoms. The minimum absolute atomic E-state index is 0.112. The first-order chi connectivity index (χ1) is 6.67. The molecule has 0 radical (unpaired) electrons. The normalized spacial score (nSPS) is 17.6. The summed E-state index contributed by atoms with van der Waals surface area (Å²) in [5.74, 6) is -0.122. The number of hydrogen-bond acceptors (Lipinski definition) is 2. The second-order valence-corrected chi connectivity index (χ2v) is 3.58. The molecule has 1 N–H and O–H groups in total. The fraction of sp³-hybridized carbons (Fsp3) is 0.583. The zero-order chi connectivity index (χ0) is 11.0. The summed E-state index contributed by atoms with van der Waals surface area (Å²) in [6, 6.07) is 0. The third kappa shape index (κ3) is 4.38. The van der Waals surface area contributed by atoms with E-state index in [1.54, 1.807) is 6.08 Å². The Morgan fingerprint density at radius 1 is 1.50 bits per heavy atom. The maximum absolute atomic E-state index is 10.6. The van der Waals surface area contributed by atoms with Crippen molar-refractivity contribution in [3.8, 4) is 0 Å². The summed E-state index contributed by atoms with van der Waals surface area (Å²) < 4.78 is 0. The largest absolute Gasteiger partial charge is 0.392 e. The third-order valence-corrected chi connectivity index (χ3v) is 2.45. The molecule has 2 nitrogen and oxygen atoms in total. The molecule has 0 aromatic rings. The summed E-state index contributed by atoms with van der Waals surface area (Å²) in [7, 11) is 0. The van der Waals surface area contributed by atoms with Crippen LogP contribution in [0.3, 0.4) is 0 Å². The average Bonchev–Trinajstić information content (AvgIpc) is 2.19. The molecular formula is C12H20O2. The van der Waals surface area contributed by atoms with E-state index in [0.29, 0.717) is 6.42 Å². The Labute approximate surface area is 86.3 Å². The van der Waals surface area contributed by atoms with Crippen molar-refractivity contribution in [3.05, 3.63) is 24.8 Å². The second kappa shape index (κ2) is 7.51. The summed E-state index contributed by atoms with van der Waals surface area (Å²) in [4.78, 5) is 10.6. The minimum atomic E-state index is -0.535. The highest BCUT2D eigenvalue weighted by molar-refractivity contribution is 5.54. The molecule has 3 unspecified atom stereocenters. The molecule has 0 aromatic heterocycles. The van der Waals surface area contributed by atoms with Gasteiger partial charge in [0.25, 0.3) is 0 Å². The van der Waals surface area contributed by atoms with Crippen molar-refractivity contribution in [3.63, 3.8) is 0 Å². The first-order valence-electron chi connectivity index (χ1n) is 5.08. The van der Waals surface area contributed by atoms with Crippen molar-refractivity contribution in [2.75, 3.05) is 0 Å². The van der Waals surface area contributed by atoms with Gasteiger partial charge >= 0.3 is 0 Å². The van der Waals surface area contributed by atoms with Gasteiger partial charge in [-0.2, -0.15) is 0 Å². The van der Waals surface area contributed by atoms with Gasteiger partial charge in [0.1, 0.15) is 6.29 Å². The Hall–Kier alpha value is -0.890. The van der Waals surface area contributed by atoms with E-state index in [1.807, 2.05) is 26.0 Å². The van der Waals surface area contributed by atoms with Crippen LogP contribution in [0.15, 0.2) is 24.8 Å². The Kier molecular flexibility index (Phi) is 7.03. The number of carbonyl (C=O) groups is 1. The maximum atomic E-state index is 10.6. The molecular weight excluding hydrogens is 176 g/mol. The molecule has 0 amide bonds. The zero-order valence-electron chi connectivity index (χ0n) is 9.02. The number of rotatable bonds is 7. The second-order valence-electron chi connectivity index (χ2n) is 3.58. The Morgan fingerprint density at radius 3 is 2.57 bits per heavy atom. The van der Waals surface area contributed by atoms with Crippen LogP contribution in [0.2, 0.25) is 0 Å². The summed E-state index contributed by atoms with van der Waals surface area (Å²) in [6.45, 7) is 7.42. The Balaban J connectivity index is 4.08. The smallest absolute Gasteiger partial charge is 0.125 e. The molecule has 0 saturated carbocycles. The van der Waals surface area contributed by atoms with Gasteiger partial charge in [0.2, 0.25) is 0 Å². The predicted octanol–water partition coefficient (Wildman–Crippen LogP) is 2.34. The fourth-order valence-electron chi connectivity index (χ4n) is 1.37. The van der Waals surface area contributed by atoms with E-state index in [9.17, 15) is 9.90 Å². The molecule has 0 fully saturated rings. The number of aldehydes is 1. The van der Waals surface area contributed by atoms with Gasteiger partial charge in [0.15, 0.2) is 0 Å². The van der Waals surface area contributed by atoms with E-state index in [1.165, 1.54) is 0 Å². The molecule has 0 aliphatic carbocycles. The Morgan fingerprint density at radius 2 is 2.14 bits per heavy atom. The van der Waals surface area contributed by atoms with Crippen LogP contribution in [-0.2, 0) is 4.79 Å². The zero-order valence-corrected chi connectivity index (χ0v) is 9.02. The van der Waals surface area contributed by atoms with Gasteiger partial charge < -0.3 is 9.90 Å². The number of hydrogen-bond donors (Lipinski definition) is 1. The van der Waals surface area contributed by atoms with Crippen LogP contribution in [-0.4, -0.2) is 17.5 Å². The molecule has 0 aliphatic heterocycles. The SMILES string of the molecule is C=C/C=C\CC(C)C(O)C(C=O)CC. The van der Waals surface area contributed by atoms with E-state index in [2.05, 4.69) is 6.58 Å². The third-order valence-electron chi connectivity index (χ3n) is 2.45. The number of allylic oxidation sites excluding steroid dienone is 3. The van der Waals surface area contributed by atoms with Crippen LogP contribution in [0.25, 0.3) is 0 Å². The molecule has 80 valence electrons. The van der Waals surface area contributed by atoms with Crippen LogP contribution in [0.4, 0.5) is 0 Å². The summed E-state index contributed by atoms with van der Waals surface area (Å²) in [5.41, 5.74) is 0. The maximum Gasteiger partial charge on any atom is 0.125 e. The van der Waals surface area contributed by atoms with E-state index < -0.39 is 6.10 Å². The molecule has 3 atom stereocenters. The molecule has 0 aromatic carbocycles. The van der Waals surface area contributed by atoms with Crippen molar-refractivity contribution in [2.45, 2.75) is 32.8 Å². The van der Waals surface area contributed by atoms with Gasteiger partial charge in [0, 0.05) is 5.92 Å². The van der Waals surface area contributed by atoms with Crippen LogP contribution >= 0.6 is 0 Å². The summed E-state index contributed by atoms with van der Waals surface area (Å²) in [6.07, 6.45) is 7.29. The molecule has 0 bridgehead atoms. The Bertz CT molecular complexity index is 196. The summed E-state index contributed by atoms with van der Waals surface area (Å²) >= 11 is 0. The number of aliphatic hydroxyl groups is 1. The van der Waals surface area contributed by atoms with Gasteiger partial charge in [-0.15, -0.1) is 0 Å². The van der Waals surface area contributed by atoms with Crippen LogP contribution in [0.5, 0.6) is 0 Å². The van der Waals surface area contributed by atoms with Crippen molar-refractivity contribution in [1.29, 1.82) is 0 Å². The topological polar surface area (TPSA) is 37.3 Å². The lowest BCUT2D eigenvalue weighted by Crippen LogP contribution is -2.27. The molecule has 0 spiro atoms. The van der Waals surface area contributed by atoms with Crippen molar-refractivity contribution < 1.29 is 9.90 Å². The lowest BCUT2D eigenvalue weighted by molar-refractivity contribution is -0.115. The summed E-state index contributed by atoms with van der Waals surface area (Å²) in [5, 5.41) is 9.79. The number of carbonyl (C=O) groups excluding carboxylic acids is 1. The van der Waals surface area contributed by atoms with Gasteiger partial charge in [-0.25, -0.2) is 0 Å². The van der Waals surface area contributed by atoms with Gasteiger partial charge in [-0.05, 0) is 18.8 Å². The molecule has 0 saturated heterocycles.